The number of halogens is 2. The number of hydrogen-bond acceptors (Lipinski definition) is 5. The van der Waals surface area contributed by atoms with E-state index in [9.17, 15) is 13.2 Å². The minimum atomic E-state index is -3.73. The molecule has 1 aromatic carbocycles. The van der Waals surface area contributed by atoms with Crippen LogP contribution in [-0.4, -0.2) is 54.9 Å². The number of carbonyl (C=O) groups is 1. The van der Waals surface area contributed by atoms with Gasteiger partial charge < -0.3 is 9.42 Å². The Balaban J connectivity index is 1.70. The highest BCUT2D eigenvalue weighted by atomic mass is 35.5. The first-order chi connectivity index (χ1) is 13.7. The molecule has 0 unspecified atom stereocenters. The zero-order valence-corrected chi connectivity index (χ0v) is 18.4. The molecule has 7 nitrogen and oxygen atoms in total. The molecular formula is C19H21Cl2N3O4S. The minimum Gasteiger partial charge on any atom is -0.360 e. The Kier molecular flexibility index (Phi) is 6.68. The van der Waals surface area contributed by atoms with Crippen LogP contribution in [0.25, 0.3) is 6.08 Å². The average molecular weight is 458 g/mol. The van der Waals surface area contributed by atoms with Crippen LogP contribution < -0.4 is 0 Å². The summed E-state index contributed by atoms with van der Waals surface area (Å²) in [5.74, 6) is 0.0543. The van der Waals surface area contributed by atoms with Gasteiger partial charge in [-0.2, -0.15) is 4.31 Å². The lowest BCUT2D eigenvalue weighted by Gasteiger charge is -2.21. The van der Waals surface area contributed by atoms with Crippen molar-refractivity contribution in [2.45, 2.75) is 25.2 Å². The molecule has 0 bridgehead atoms. The van der Waals surface area contributed by atoms with Gasteiger partial charge in [0.1, 0.15) is 10.6 Å². The van der Waals surface area contributed by atoms with Crippen molar-refractivity contribution >= 4 is 45.2 Å². The number of sulfonamides is 1. The second-order valence-electron chi connectivity index (χ2n) is 6.71. The molecule has 10 heteroatoms. The second-order valence-corrected chi connectivity index (χ2v) is 9.37. The number of benzene rings is 1. The number of carbonyl (C=O) groups excluding carboxylic acids is 1. The molecule has 0 N–H and O–H groups in total. The number of rotatable bonds is 4. The van der Waals surface area contributed by atoms with Crippen LogP contribution in [0.15, 0.2) is 33.7 Å². The molecule has 2 aromatic rings. The first-order valence-corrected chi connectivity index (χ1v) is 11.3. The molecule has 1 saturated heterocycles. The summed E-state index contributed by atoms with van der Waals surface area (Å²) in [5, 5.41) is 4.53. The lowest BCUT2D eigenvalue weighted by molar-refractivity contribution is -0.125. The van der Waals surface area contributed by atoms with E-state index >= 15 is 0 Å². The molecule has 0 spiro atoms. The third-order valence-corrected chi connectivity index (χ3v) is 7.70. The van der Waals surface area contributed by atoms with Gasteiger partial charge in [-0.15, -0.1) is 0 Å². The van der Waals surface area contributed by atoms with E-state index in [0.717, 1.165) is 0 Å². The third kappa shape index (κ3) is 4.66. The van der Waals surface area contributed by atoms with Gasteiger partial charge in [0, 0.05) is 32.3 Å². The molecule has 156 valence electrons. The topological polar surface area (TPSA) is 83.7 Å². The van der Waals surface area contributed by atoms with Crippen LogP contribution in [0.5, 0.6) is 0 Å². The predicted molar refractivity (Wildman–Crippen MR) is 111 cm³/mol. The molecule has 1 amide bonds. The summed E-state index contributed by atoms with van der Waals surface area (Å²) >= 11 is 12.1. The number of aromatic nitrogens is 1. The van der Waals surface area contributed by atoms with E-state index in [0.29, 0.717) is 40.8 Å². The molecule has 3 rings (SSSR count). The van der Waals surface area contributed by atoms with Crippen molar-refractivity contribution in [1.82, 2.24) is 14.4 Å². The standard InChI is InChI=1S/C19H21Cl2N3O4S/c1-13-19(14(2)28-22-13)29(26,27)24-10-4-9-23(11-12-24)17(25)8-7-15-5-3-6-16(20)18(15)21/h3,5-8H,4,9-12H2,1-2H3/b8-7+. The maximum absolute atomic E-state index is 13.0. The molecule has 1 aliphatic heterocycles. The summed E-state index contributed by atoms with van der Waals surface area (Å²) < 4.78 is 32.3. The second kappa shape index (κ2) is 8.87. The molecule has 2 heterocycles. The Morgan fingerprint density at radius 1 is 1.17 bits per heavy atom. The lowest BCUT2D eigenvalue weighted by atomic mass is 10.2. The zero-order chi connectivity index (χ0) is 21.2. The van der Waals surface area contributed by atoms with E-state index in [-0.39, 0.29) is 29.7 Å². The van der Waals surface area contributed by atoms with Gasteiger partial charge in [-0.3, -0.25) is 4.79 Å². The highest BCUT2D eigenvalue weighted by molar-refractivity contribution is 7.89. The first kappa shape index (κ1) is 21.8. The quantitative estimate of drug-likeness (QED) is 0.655. The molecule has 0 radical (unpaired) electrons. The maximum atomic E-state index is 13.0. The molecule has 0 saturated carbocycles. The van der Waals surface area contributed by atoms with E-state index in [1.165, 1.54) is 10.4 Å². The van der Waals surface area contributed by atoms with E-state index in [2.05, 4.69) is 5.16 Å². The van der Waals surface area contributed by atoms with Crippen LogP contribution in [0, 0.1) is 13.8 Å². The van der Waals surface area contributed by atoms with Gasteiger partial charge >= 0.3 is 0 Å². The van der Waals surface area contributed by atoms with E-state index in [4.69, 9.17) is 27.7 Å². The fourth-order valence-electron chi connectivity index (χ4n) is 3.24. The van der Waals surface area contributed by atoms with E-state index in [1.54, 1.807) is 43.0 Å². The summed E-state index contributed by atoms with van der Waals surface area (Å²) in [6.45, 7) is 4.44. The van der Waals surface area contributed by atoms with Gasteiger partial charge in [0.05, 0.1) is 10.0 Å². The summed E-state index contributed by atoms with van der Waals surface area (Å²) in [5.41, 5.74) is 0.978. The smallest absolute Gasteiger partial charge is 0.248 e. The van der Waals surface area contributed by atoms with Crippen molar-refractivity contribution in [1.29, 1.82) is 0 Å². The van der Waals surface area contributed by atoms with Crippen molar-refractivity contribution in [2.75, 3.05) is 26.2 Å². The zero-order valence-electron chi connectivity index (χ0n) is 16.1. The van der Waals surface area contributed by atoms with Crippen molar-refractivity contribution in [3.05, 3.63) is 51.3 Å². The van der Waals surface area contributed by atoms with Gasteiger partial charge in [0.25, 0.3) is 0 Å². The summed E-state index contributed by atoms with van der Waals surface area (Å²) in [7, 11) is -3.73. The molecule has 0 atom stereocenters. The lowest BCUT2D eigenvalue weighted by Crippen LogP contribution is -2.37. The van der Waals surface area contributed by atoms with Gasteiger partial charge in [-0.1, -0.05) is 40.5 Å². The van der Waals surface area contributed by atoms with Crippen LogP contribution in [0.4, 0.5) is 0 Å². The summed E-state index contributed by atoms with van der Waals surface area (Å²) in [4.78, 5) is 14.3. The van der Waals surface area contributed by atoms with Crippen LogP contribution in [0.1, 0.15) is 23.4 Å². The van der Waals surface area contributed by atoms with Gasteiger partial charge in [0.15, 0.2) is 5.76 Å². The number of aryl methyl sites for hydroxylation is 2. The van der Waals surface area contributed by atoms with Crippen LogP contribution in [0.3, 0.4) is 0 Å². The Bertz CT molecular complexity index is 1030. The van der Waals surface area contributed by atoms with Crippen LogP contribution in [0.2, 0.25) is 10.0 Å². The van der Waals surface area contributed by atoms with Gasteiger partial charge in [-0.25, -0.2) is 8.42 Å². The summed E-state index contributed by atoms with van der Waals surface area (Å²) in [6.07, 6.45) is 3.57. The SMILES string of the molecule is Cc1noc(C)c1S(=O)(=O)N1CCCN(C(=O)/C=C/c2cccc(Cl)c2Cl)CC1. The number of nitrogens with zero attached hydrogens (tertiary/aromatic N) is 3. The Morgan fingerprint density at radius 3 is 2.62 bits per heavy atom. The first-order valence-electron chi connectivity index (χ1n) is 9.06. The normalized spacial score (nSPS) is 16.3. The molecular weight excluding hydrogens is 437 g/mol. The Labute approximate surface area is 179 Å². The number of amides is 1. The monoisotopic (exact) mass is 457 g/mol. The van der Waals surface area contributed by atoms with Crippen LogP contribution in [-0.2, 0) is 14.8 Å². The molecule has 0 aliphatic carbocycles. The average Bonchev–Trinajstić information content (AvgIpc) is 2.87. The minimum absolute atomic E-state index is 0.104. The van der Waals surface area contributed by atoms with Crippen molar-refractivity contribution < 1.29 is 17.7 Å². The largest absolute Gasteiger partial charge is 0.360 e. The summed E-state index contributed by atoms with van der Waals surface area (Å²) in [6, 6.07) is 5.19. The van der Waals surface area contributed by atoms with E-state index in [1.807, 2.05) is 0 Å². The Hall–Kier alpha value is -1.87. The molecule has 1 aromatic heterocycles. The predicted octanol–water partition coefficient (Wildman–Crippen LogP) is 3.53. The highest BCUT2D eigenvalue weighted by Gasteiger charge is 2.32. The third-order valence-electron chi connectivity index (χ3n) is 4.72. The van der Waals surface area contributed by atoms with Crippen molar-refractivity contribution in [2.24, 2.45) is 0 Å². The fourth-order valence-corrected chi connectivity index (χ4v) is 5.37. The van der Waals surface area contributed by atoms with Gasteiger partial charge in [-0.05, 0) is 38.0 Å². The fraction of sp³-hybridized carbons (Fsp3) is 0.368. The molecule has 1 fully saturated rings. The van der Waals surface area contributed by atoms with E-state index < -0.39 is 10.0 Å². The Morgan fingerprint density at radius 2 is 1.93 bits per heavy atom. The van der Waals surface area contributed by atoms with Gasteiger partial charge in [0.2, 0.25) is 15.9 Å². The van der Waals surface area contributed by atoms with Crippen molar-refractivity contribution in [3.8, 4) is 0 Å². The highest BCUT2D eigenvalue weighted by Crippen LogP contribution is 2.27. The maximum Gasteiger partial charge on any atom is 0.248 e. The van der Waals surface area contributed by atoms with Crippen molar-refractivity contribution in [3.63, 3.8) is 0 Å². The molecule has 1 aliphatic rings. The van der Waals surface area contributed by atoms with Crippen LogP contribution >= 0.6 is 23.2 Å². The molecule has 29 heavy (non-hydrogen) atoms. The number of hydrogen-bond donors (Lipinski definition) is 0.